The number of benzene rings is 2. The van der Waals surface area contributed by atoms with Gasteiger partial charge in [0.05, 0.1) is 11.3 Å². The van der Waals surface area contributed by atoms with Gasteiger partial charge in [-0.2, -0.15) is 24.5 Å². The van der Waals surface area contributed by atoms with Crippen molar-refractivity contribution in [1.29, 1.82) is 0 Å². The lowest BCUT2D eigenvalue weighted by molar-refractivity contribution is -0.137. The number of halogens is 4. The Bertz CT molecular complexity index is 939. The number of carbonyl (C=O) groups excluding carboxylic acids is 1. The van der Waals surface area contributed by atoms with Gasteiger partial charge in [-0.3, -0.25) is 0 Å². The lowest BCUT2D eigenvalue weighted by atomic mass is 10.0. The third-order valence-electron chi connectivity index (χ3n) is 3.77. The Balaban J connectivity index is 1.82. The number of amides is 2. The van der Waals surface area contributed by atoms with Crippen LogP contribution in [0.1, 0.15) is 11.1 Å². The Morgan fingerprint density at radius 3 is 2.52 bits per heavy atom. The van der Waals surface area contributed by atoms with Gasteiger partial charge in [0.2, 0.25) is 0 Å². The first kappa shape index (κ1) is 18.9. The van der Waals surface area contributed by atoms with E-state index in [2.05, 4.69) is 10.6 Å². The number of rotatable bonds is 4. The summed E-state index contributed by atoms with van der Waals surface area (Å²) >= 11 is 1.47. The van der Waals surface area contributed by atoms with E-state index in [9.17, 15) is 22.4 Å². The highest BCUT2D eigenvalue weighted by atomic mass is 32.1. The molecule has 0 saturated carbocycles. The number of urea groups is 1. The van der Waals surface area contributed by atoms with E-state index in [0.29, 0.717) is 16.8 Å². The Morgan fingerprint density at radius 2 is 1.85 bits per heavy atom. The van der Waals surface area contributed by atoms with Crippen LogP contribution in [0, 0.1) is 0 Å². The zero-order chi connectivity index (χ0) is 19.4. The number of thiophene rings is 1. The normalized spacial score (nSPS) is 11.3. The van der Waals surface area contributed by atoms with E-state index in [0.717, 1.165) is 17.7 Å². The van der Waals surface area contributed by atoms with Gasteiger partial charge in [-0.05, 0) is 52.2 Å². The van der Waals surface area contributed by atoms with Gasteiger partial charge in [-0.25, -0.2) is 9.18 Å². The highest BCUT2D eigenvalue weighted by Crippen LogP contribution is 2.32. The minimum atomic E-state index is -4.50. The number of nitrogens with one attached hydrogen (secondary N) is 2. The molecule has 0 atom stereocenters. The third-order valence-corrected chi connectivity index (χ3v) is 4.45. The van der Waals surface area contributed by atoms with Crippen molar-refractivity contribution in [3.63, 3.8) is 0 Å². The van der Waals surface area contributed by atoms with E-state index in [1.165, 1.54) is 29.5 Å². The molecule has 2 amide bonds. The van der Waals surface area contributed by atoms with Crippen LogP contribution in [0.3, 0.4) is 0 Å². The average molecular weight is 394 g/mol. The lowest BCUT2D eigenvalue weighted by Gasteiger charge is -2.14. The number of alkyl halides is 4. The fourth-order valence-electron chi connectivity index (χ4n) is 2.51. The summed E-state index contributed by atoms with van der Waals surface area (Å²) in [5, 5.41) is 8.70. The van der Waals surface area contributed by atoms with E-state index in [-0.39, 0.29) is 5.69 Å². The van der Waals surface area contributed by atoms with Crippen molar-refractivity contribution < 1.29 is 22.4 Å². The van der Waals surface area contributed by atoms with Crippen molar-refractivity contribution in [2.75, 3.05) is 10.6 Å². The van der Waals surface area contributed by atoms with Crippen molar-refractivity contribution in [2.24, 2.45) is 0 Å². The molecule has 3 aromatic rings. The molecule has 0 unspecified atom stereocenters. The summed E-state index contributed by atoms with van der Waals surface area (Å²) in [6, 6.07) is 10.3. The van der Waals surface area contributed by atoms with Gasteiger partial charge in [-0.15, -0.1) is 0 Å². The fourth-order valence-corrected chi connectivity index (χ4v) is 3.16. The topological polar surface area (TPSA) is 41.1 Å². The second-order valence-electron chi connectivity index (χ2n) is 5.68. The number of anilines is 2. The van der Waals surface area contributed by atoms with Crippen LogP contribution in [0.15, 0.2) is 59.3 Å². The molecule has 0 bridgehead atoms. The minimum Gasteiger partial charge on any atom is -0.308 e. The van der Waals surface area contributed by atoms with E-state index in [4.69, 9.17) is 0 Å². The van der Waals surface area contributed by atoms with Gasteiger partial charge < -0.3 is 10.6 Å². The maximum absolute atomic E-state index is 13.0. The molecule has 2 aromatic carbocycles. The molecular formula is C19H14F4N2OS. The van der Waals surface area contributed by atoms with Crippen molar-refractivity contribution in [3.8, 4) is 11.1 Å². The van der Waals surface area contributed by atoms with Crippen LogP contribution in [0.2, 0.25) is 0 Å². The van der Waals surface area contributed by atoms with Crippen molar-refractivity contribution in [3.05, 3.63) is 70.4 Å². The van der Waals surface area contributed by atoms with Gasteiger partial charge in [0, 0.05) is 11.3 Å². The molecule has 3 rings (SSSR count). The number of hydrogen-bond acceptors (Lipinski definition) is 2. The predicted molar refractivity (Wildman–Crippen MR) is 98.7 cm³/mol. The molecule has 0 aliphatic rings. The predicted octanol–water partition coefficient (Wildman–Crippen LogP) is 6.55. The molecule has 2 N–H and O–H groups in total. The zero-order valence-electron chi connectivity index (χ0n) is 13.8. The quantitative estimate of drug-likeness (QED) is 0.484. The standard InChI is InChI=1S/C19H14F4N2OS/c20-10-12-4-5-16(13-6-7-27-11-13)17(8-12)25-18(26)24-15-3-1-2-14(9-15)19(21,22)23/h1-9,11H,10H2,(H2,24,25,26). The molecule has 0 spiro atoms. The Kier molecular flexibility index (Phi) is 5.46. The van der Waals surface area contributed by atoms with Crippen LogP contribution in [0.25, 0.3) is 11.1 Å². The molecule has 0 radical (unpaired) electrons. The highest BCUT2D eigenvalue weighted by Gasteiger charge is 2.30. The summed E-state index contributed by atoms with van der Waals surface area (Å²) in [6.45, 7) is -0.701. The van der Waals surface area contributed by atoms with E-state index in [1.54, 1.807) is 12.1 Å². The van der Waals surface area contributed by atoms with Crippen LogP contribution >= 0.6 is 11.3 Å². The van der Waals surface area contributed by atoms with Crippen LogP contribution < -0.4 is 10.6 Å². The summed E-state index contributed by atoms with van der Waals surface area (Å²) in [4.78, 5) is 12.3. The van der Waals surface area contributed by atoms with Crippen LogP contribution in [-0.4, -0.2) is 6.03 Å². The van der Waals surface area contributed by atoms with Crippen LogP contribution in [0.4, 0.5) is 33.7 Å². The Hall–Kier alpha value is -2.87. The summed E-state index contributed by atoms with van der Waals surface area (Å²) in [6.07, 6.45) is -4.50. The molecule has 27 heavy (non-hydrogen) atoms. The zero-order valence-corrected chi connectivity index (χ0v) is 14.6. The van der Waals surface area contributed by atoms with Crippen molar-refractivity contribution in [1.82, 2.24) is 0 Å². The van der Waals surface area contributed by atoms with E-state index >= 15 is 0 Å². The molecule has 8 heteroatoms. The summed E-state index contributed by atoms with van der Waals surface area (Å²) in [7, 11) is 0. The number of carbonyl (C=O) groups is 1. The number of hydrogen-bond donors (Lipinski definition) is 2. The fraction of sp³-hybridized carbons (Fsp3) is 0.105. The third kappa shape index (κ3) is 4.65. The van der Waals surface area contributed by atoms with Crippen molar-refractivity contribution in [2.45, 2.75) is 12.9 Å². The van der Waals surface area contributed by atoms with Gasteiger partial charge in [0.1, 0.15) is 6.67 Å². The maximum Gasteiger partial charge on any atom is 0.416 e. The van der Waals surface area contributed by atoms with Gasteiger partial charge in [0.25, 0.3) is 0 Å². The SMILES string of the molecule is O=C(Nc1cccc(C(F)(F)F)c1)Nc1cc(CF)ccc1-c1ccsc1. The van der Waals surface area contributed by atoms with Gasteiger partial charge >= 0.3 is 12.2 Å². The average Bonchev–Trinajstić information content (AvgIpc) is 3.15. The Labute approximate surface area is 156 Å². The van der Waals surface area contributed by atoms with Gasteiger partial charge in [-0.1, -0.05) is 18.2 Å². The minimum absolute atomic E-state index is 0.000976. The smallest absolute Gasteiger partial charge is 0.308 e. The summed E-state index contributed by atoms with van der Waals surface area (Å²) in [5.74, 6) is 0. The van der Waals surface area contributed by atoms with Gasteiger partial charge in [0.15, 0.2) is 0 Å². The van der Waals surface area contributed by atoms with Crippen molar-refractivity contribution >= 4 is 28.7 Å². The lowest BCUT2D eigenvalue weighted by Crippen LogP contribution is -2.20. The van der Waals surface area contributed by atoms with E-state index < -0.39 is 24.4 Å². The first-order valence-electron chi connectivity index (χ1n) is 7.83. The van der Waals surface area contributed by atoms with Crippen LogP contribution in [-0.2, 0) is 12.9 Å². The molecule has 140 valence electrons. The first-order chi connectivity index (χ1) is 12.9. The largest absolute Gasteiger partial charge is 0.416 e. The summed E-state index contributed by atoms with van der Waals surface area (Å²) < 4.78 is 51.3. The maximum atomic E-state index is 13.0. The second-order valence-corrected chi connectivity index (χ2v) is 6.46. The monoisotopic (exact) mass is 394 g/mol. The first-order valence-corrected chi connectivity index (χ1v) is 8.78. The molecule has 0 aliphatic heterocycles. The molecule has 1 aromatic heterocycles. The van der Waals surface area contributed by atoms with E-state index in [1.807, 2.05) is 16.8 Å². The molecule has 0 saturated heterocycles. The highest BCUT2D eigenvalue weighted by molar-refractivity contribution is 7.08. The van der Waals surface area contributed by atoms with Crippen LogP contribution in [0.5, 0.6) is 0 Å². The molecule has 1 heterocycles. The second kappa shape index (κ2) is 7.79. The summed E-state index contributed by atoms with van der Waals surface area (Å²) in [5.41, 5.74) is 1.42. The molecule has 0 fully saturated rings. The molecular weight excluding hydrogens is 380 g/mol. The Morgan fingerprint density at radius 1 is 1.04 bits per heavy atom. The molecule has 3 nitrogen and oxygen atoms in total. The molecule has 0 aliphatic carbocycles.